The van der Waals surface area contributed by atoms with Gasteiger partial charge in [-0.15, -0.1) is 0 Å². The first kappa shape index (κ1) is 21.7. The van der Waals surface area contributed by atoms with Gasteiger partial charge in [0.25, 0.3) is 0 Å². The molecule has 4 rings (SSSR count). The monoisotopic (exact) mass is 435 g/mol. The van der Waals surface area contributed by atoms with Crippen LogP contribution in [0.5, 0.6) is 0 Å². The molecule has 3 heterocycles. The van der Waals surface area contributed by atoms with Crippen LogP contribution in [0.3, 0.4) is 0 Å². The van der Waals surface area contributed by atoms with Gasteiger partial charge in [0.1, 0.15) is 36.5 Å². The summed E-state index contributed by atoms with van der Waals surface area (Å²) in [6.07, 6.45) is -5.09. The number of ether oxygens (including phenoxy) is 2. The molecule has 2 fully saturated rings. The fourth-order valence-electron chi connectivity index (χ4n) is 3.85. The second kappa shape index (κ2) is 8.91. The number of aromatic amines is 1. The number of carbonyl (C=O) groups excluding carboxylic acids is 2. The summed E-state index contributed by atoms with van der Waals surface area (Å²) in [6, 6.07) is 5.86. The molecule has 2 saturated heterocycles. The zero-order chi connectivity index (χ0) is 22.1. The van der Waals surface area contributed by atoms with Crippen LogP contribution in [0.25, 0.3) is 10.9 Å². The number of aliphatic hydroxyl groups is 4. The molecule has 0 bridgehead atoms. The smallest absolute Gasteiger partial charge is 0.245 e. The number of fused-ring (bicyclic) bond motifs is 1. The van der Waals surface area contributed by atoms with E-state index in [0.717, 1.165) is 16.5 Å². The molecule has 31 heavy (non-hydrogen) atoms. The Labute approximate surface area is 177 Å². The molecule has 2 amide bonds. The van der Waals surface area contributed by atoms with E-state index in [0.29, 0.717) is 6.42 Å². The molecule has 0 spiro atoms. The van der Waals surface area contributed by atoms with Crippen molar-refractivity contribution in [3.8, 4) is 0 Å². The Hall–Kier alpha value is -2.54. The van der Waals surface area contributed by atoms with Crippen molar-refractivity contribution < 1.29 is 39.5 Å². The zero-order valence-electron chi connectivity index (χ0n) is 16.5. The highest BCUT2D eigenvalue weighted by atomic mass is 16.7. The average Bonchev–Trinajstić information content (AvgIpc) is 3.17. The first-order chi connectivity index (χ1) is 14.9. The summed E-state index contributed by atoms with van der Waals surface area (Å²) in [4.78, 5) is 28.2. The lowest BCUT2D eigenvalue weighted by Crippen LogP contribution is -2.64. The maximum absolute atomic E-state index is 12.5. The Balaban J connectivity index is 1.35. The van der Waals surface area contributed by atoms with Crippen LogP contribution in [0.15, 0.2) is 30.5 Å². The van der Waals surface area contributed by atoms with E-state index in [4.69, 9.17) is 9.47 Å². The Bertz CT molecular complexity index is 947. The summed E-state index contributed by atoms with van der Waals surface area (Å²) in [5.74, 6) is -0.846. The highest BCUT2D eigenvalue weighted by Gasteiger charge is 2.45. The van der Waals surface area contributed by atoms with Crippen LogP contribution in [0.1, 0.15) is 5.56 Å². The first-order valence-corrected chi connectivity index (χ1v) is 9.97. The van der Waals surface area contributed by atoms with Crippen molar-refractivity contribution in [2.24, 2.45) is 0 Å². The molecule has 11 heteroatoms. The van der Waals surface area contributed by atoms with Gasteiger partial charge in [0.05, 0.1) is 13.2 Å². The van der Waals surface area contributed by atoms with E-state index >= 15 is 0 Å². The Morgan fingerprint density at radius 1 is 0.968 bits per heavy atom. The van der Waals surface area contributed by atoms with Gasteiger partial charge in [-0.25, -0.2) is 0 Å². The number of hydrogen-bond acceptors (Lipinski definition) is 8. The standard InChI is InChI=1S/C20H25N3O8/c24-7-14-15(25)16(26)17(27)20(31-14)30-8-13-19(29)22-12(18(28)23-13)5-9-6-21-11-4-2-1-3-10(9)11/h1-4,6,12-17,20-21,24-27H,5,7-8H2,(H,22,29)(H,23,28)/t12-,13-,14+,15-,16-,17+,20+/m0/s1. The average molecular weight is 435 g/mol. The third kappa shape index (κ3) is 4.28. The Kier molecular flexibility index (Phi) is 6.23. The number of amides is 2. The number of nitrogens with one attached hydrogen (secondary N) is 3. The maximum atomic E-state index is 12.5. The first-order valence-electron chi connectivity index (χ1n) is 9.97. The molecule has 0 radical (unpaired) electrons. The van der Waals surface area contributed by atoms with Gasteiger partial charge in [-0.2, -0.15) is 0 Å². The van der Waals surface area contributed by atoms with Gasteiger partial charge in [0.2, 0.25) is 11.8 Å². The van der Waals surface area contributed by atoms with Crippen molar-refractivity contribution in [3.05, 3.63) is 36.0 Å². The molecule has 2 aliphatic heterocycles. The molecular formula is C20H25N3O8. The summed E-state index contributed by atoms with van der Waals surface area (Å²) >= 11 is 0. The van der Waals surface area contributed by atoms with Gasteiger partial charge >= 0.3 is 0 Å². The van der Waals surface area contributed by atoms with Crippen LogP contribution in [0.2, 0.25) is 0 Å². The molecule has 0 saturated carbocycles. The molecule has 7 N–H and O–H groups in total. The van der Waals surface area contributed by atoms with Crippen molar-refractivity contribution in [1.29, 1.82) is 0 Å². The molecule has 0 aliphatic carbocycles. The molecule has 2 aliphatic rings. The molecule has 0 unspecified atom stereocenters. The number of benzene rings is 1. The third-order valence-corrected chi connectivity index (χ3v) is 5.64. The van der Waals surface area contributed by atoms with Crippen LogP contribution < -0.4 is 10.6 Å². The molecule has 7 atom stereocenters. The predicted molar refractivity (Wildman–Crippen MR) is 106 cm³/mol. The molecule has 168 valence electrons. The molecule has 1 aromatic heterocycles. The topological polar surface area (TPSA) is 173 Å². The third-order valence-electron chi connectivity index (χ3n) is 5.64. The largest absolute Gasteiger partial charge is 0.394 e. The summed E-state index contributed by atoms with van der Waals surface area (Å²) in [5.41, 5.74) is 1.83. The van der Waals surface area contributed by atoms with Crippen molar-refractivity contribution in [2.75, 3.05) is 13.2 Å². The Morgan fingerprint density at radius 3 is 2.45 bits per heavy atom. The molecule has 1 aromatic carbocycles. The number of piperazine rings is 1. The number of H-pyrrole nitrogens is 1. The number of aliphatic hydroxyl groups excluding tert-OH is 4. The molecule has 11 nitrogen and oxygen atoms in total. The lowest BCUT2D eigenvalue weighted by Gasteiger charge is -2.40. The van der Waals surface area contributed by atoms with Crippen molar-refractivity contribution in [1.82, 2.24) is 15.6 Å². The van der Waals surface area contributed by atoms with Crippen LogP contribution in [0.4, 0.5) is 0 Å². The van der Waals surface area contributed by atoms with Crippen LogP contribution in [0, 0.1) is 0 Å². The van der Waals surface area contributed by atoms with E-state index in [1.54, 1.807) is 6.20 Å². The summed E-state index contributed by atoms with van der Waals surface area (Å²) in [6.45, 7) is -0.930. The van der Waals surface area contributed by atoms with Crippen molar-refractivity contribution in [3.63, 3.8) is 0 Å². The molecule has 2 aromatic rings. The van der Waals surface area contributed by atoms with Crippen molar-refractivity contribution >= 4 is 22.7 Å². The summed E-state index contributed by atoms with van der Waals surface area (Å²) in [5, 5.41) is 45.1. The van der Waals surface area contributed by atoms with Crippen LogP contribution >= 0.6 is 0 Å². The second-order valence-electron chi connectivity index (χ2n) is 7.72. The van der Waals surface area contributed by atoms with Gasteiger partial charge < -0.3 is 45.5 Å². The fraction of sp³-hybridized carbons (Fsp3) is 0.500. The Morgan fingerprint density at radius 2 is 1.68 bits per heavy atom. The molecular weight excluding hydrogens is 410 g/mol. The van der Waals surface area contributed by atoms with E-state index in [1.165, 1.54) is 0 Å². The van der Waals surface area contributed by atoms with Gasteiger partial charge in [0.15, 0.2) is 6.29 Å². The lowest BCUT2D eigenvalue weighted by atomic mass is 9.99. The number of carbonyl (C=O) groups is 2. The summed E-state index contributed by atoms with van der Waals surface area (Å²) in [7, 11) is 0. The normalized spacial score (nSPS) is 33.9. The van der Waals surface area contributed by atoms with Gasteiger partial charge in [0, 0.05) is 23.5 Å². The van der Waals surface area contributed by atoms with E-state index in [9.17, 15) is 30.0 Å². The van der Waals surface area contributed by atoms with Gasteiger partial charge in [-0.05, 0) is 11.6 Å². The highest BCUT2D eigenvalue weighted by molar-refractivity contribution is 5.97. The number of rotatable bonds is 6. The zero-order valence-corrected chi connectivity index (χ0v) is 16.5. The van der Waals surface area contributed by atoms with E-state index < -0.39 is 55.3 Å². The van der Waals surface area contributed by atoms with E-state index in [-0.39, 0.29) is 12.5 Å². The minimum Gasteiger partial charge on any atom is -0.394 e. The van der Waals surface area contributed by atoms with Crippen LogP contribution in [-0.2, 0) is 25.5 Å². The summed E-state index contributed by atoms with van der Waals surface area (Å²) < 4.78 is 10.6. The predicted octanol–water partition coefficient (Wildman–Crippen LogP) is -2.49. The minimum atomic E-state index is -1.59. The number of hydrogen-bond donors (Lipinski definition) is 7. The number of aromatic nitrogens is 1. The SMILES string of the molecule is O=C1N[C@@H](Cc2c[nH]c3ccccc23)C(=O)N[C@H]1CO[C@@H]1O[C@H](CO)[C@H](O)[C@H](O)[C@H]1O. The lowest BCUT2D eigenvalue weighted by molar-refractivity contribution is -0.301. The second-order valence-corrected chi connectivity index (χ2v) is 7.72. The van der Waals surface area contributed by atoms with E-state index in [1.807, 2.05) is 24.3 Å². The van der Waals surface area contributed by atoms with Crippen LogP contribution in [-0.4, -0.2) is 93.2 Å². The fourth-order valence-corrected chi connectivity index (χ4v) is 3.85. The quantitative estimate of drug-likeness (QED) is 0.261. The highest BCUT2D eigenvalue weighted by Crippen LogP contribution is 2.23. The van der Waals surface area contributed by atoms with Crippen molar-refractivity contribution in [2.45, 2.75) is 49.2 Å². The van der Waals surface area contributed by atoms with Gasteiger partial charge in [-0.3, -0.25) is 9.59 Å². The van der Waals surface area contributed by atoms with E-state index in [2.05, 4.69) is 15.6 Å². The maximum Gasteiger partial charge on any atom is 0.245 e. The number of para-hydroxylation sites is 1. The minimum absolute atomic E-state index is 0.307. The van der Waals surface area contributed by atoms with Gasteiger partial charge in [-0.1, -0.05) is 18.2 Å².